The monoisotopic (exact) mass is 228 g/mol. The summed E-state index contributed by atoms with van der Waals surface area (Å²) in [5.41, 5.74) is 0. The van der Waals surface area contributed by atoms with E-state index in [9.17, 15) is 0 Å². The minimum absolute atomic E-state index is 0.00597. The van der Waals surface area contributed by atoms with Gasteiger partial charge in [-0.2, -0.15) is 0 Å². The van der Waals surface area contributed by atoms with Gasteiger partial charge in [0, 0.05) is 0 Å². The van der Waals surface area contributed by atoms with Crippen molar-refractivity contribution in [2.45, 2.75) is 44.7 Å². The van der Waals surface area contributed by atoms with Crippen molar-refractivity contribution in [2.75, 3.05) is 13.4 Å². The van der Waals surface area contributed by atoms with Crippen LogP contribution in [0, 0.1) is 5.92 Å². The largest absolute Gasteiger partial charge is 0.371 e. The van der Waals surface area contributed by atoms with Crippen LogP contribution in [0.2, 0.25) is 0 Å². The van der Waals surface area contributed by atoms with Gasteiger partial charge in [0.05, 0.1) is 18.8 Å². The van der Waals surface area contributed by atoms with Crippen LogP contribution in [0.15, 0.2) is 12.2 Å². The van der Waals surface area contributed by atoms with Gasteiger partial charge in [0.1, 0.15) is 6.79 Å². The van der Waals surface area contributed by atoms with Gasteiger partial charge < -0.3 is 19.3 Å². The Kier molecular flexibility index (Phi) is 4.35. The molecule has 92 valence electrons. The van der Waals surface area contributed by atoms with E-state index in [4.69, 9.17) is 19.3 Å². The van der Waals surface area contributed by atoms with Crippen molar-refractivity contribution in [1.82, 2.24) is 0 Å². The highest BCUT2D eigenvalue weighted by molar-refractivity contribution is 4.93. The Morgan fingerprint density at radius 3 is 3.00 bits per heavy atom. The molecule has 1 heterocycles. The highest BCUT2D eigenvalue weighted by atomic mass is 16.7. The predicted octanol–water partition coefficient (Wildman–Crippen LogP) is 1.44. The molecule has 4 nitrogen and oxygen atoms in total. The van der Waals surface area contributed by atoms with E-state index in [0.717, 1.165) is 6.42 Å². The Morgan fingerprint density at radius 2 is 2.31 bits per heavy atom. The summed E-state index contributed by atoms with van der Waals surface area (Å²) in [6.45, 7) is 2.26. The first kappa shape index (κ1) is 12.0. The molecule has 2 aliphatic rings. The molecule has 0 spiro atoms. The maximum absolute atomic E-state index is 8.56. The van der Waals surface area contributed by atoms with Gasteiger partial charge in [-0.1, -0.05) is 6.08 Å². The minimum Gasteiger partial charge on any atom is -0.371 e. The summed E-state index contributed by atoms with van der Waals surface area (Å²) in [6.07, 6.45) is 7.38. The highest BCUT2D eigenvalue weighted by Crippen LogP contribution is 2.35. The topological polar surface area (TPSA) is 47.9 Å². The molecule has 0 aromatic carbocycles. The molecule has 1 saturated carbocycles. The summed E-state index contributed by atoms with van der Waals surface area (Å²) < 4.78 is 16.4. The number of hydrogen-bond donors (Lipinski definition) is 1. The Balaban J connectivity index is 1.72. The summed E-state index contributed by atoms with van der Waals surface area (Å²) in [7, 11) is 0. The standard InChI is InChI=1S/C12H20O4/c1-9(10-5-6-10)15-12-4-2-3-11(16-12)7-14-8-13/h2,4,9-13H,3,5-8H2,1H3. The average molecular weight is 228 g/mol. The number of aliphatic hydroxyl groups excluding tert-OH is 1. The Morgan fingerprint density at radius 1 is 1.50 bits per heavy atom. The third-order valence-electron chi connectivity index (χ3n) is 3.05. The zero-order valence-corrected chi connectivity index (χ0v) is 9.67. The molecule has 16 heavy (non-hydrogen) atoms. The lowest BCUT2D eigenvalue weighted by Gasteiger charge is -2.27. The molecule has 2 rings (SSSR count). The maximum atomic E-state index is 8.56. The second-order valence-corrected chi connectivity index (χ2v) is 4.47. The molecular formula is C12H20O4. The van der Waals surface area contributed by atoms with Gasteiger partial charge in [0.25, 0.3) is 0 Å². The van der Waals surface area contributed by atoms with E-state index in [0.29, 0.717) is 12.5 Å². The maximum Gasteiger partial charge on any atom is 0.177 e. The van der Waals surface area contributed by atoms with Crippen molar-refractivity contribution >= 4 is 0 Å². The molecule has 0 bridgehead atoms. The number of rotatable bonds is 6. The summed E-state index contributed by atoms with van der Waals surface area (Å²) in [5.74, 6) is 0.714. The summed E-state index contributed by atoms with van der Waals surface area (Å²) in [5, 5.41) is 8.56. The quantitative estimate of drug-likeness (QED) is 0.552. The zero-order valence-electron chi connectivity index (χ0n) is 9.67. The second-order valence-electron chi connectivity index (χ2n) is 4.47. The average Bonchev–Trinajstić information content (AvgIpc) is 3.10. The van der Waals surface area contributed by atoms with Crippen LogP contribution < -0.4 is 0 Å². The third-order valence-corrected chi connectivity index (χ3v) is 3.05. The number of aliphatic hydroxyl groups is 1. The molecular weight excluding hydrogens is 208 g/mol. The van der Waals surface area contributed by atoms with Crippen LogP contribution in [0.5, 0.6) is 0 Å². The number of hydrogen-bond acceptors (Lipinski definition) is 4. The lowest BCUT2D eigenvalue weighted by molar-refractivity contribution is -0.188. The minimum atomic E-state index is -0.256. The van der Waals surface area contributed by atoms with Crippen molar-refractivity contribution in [2.24, 2.45) is 5.92 Å². The van der Waals surface area contributed by atoms with E-state index < -0.39 is 0 Å². The van der Waals surface area contributed by atoms with Gasteiger partial charge in [-0.05, 0) is 38.2 Å². The van der Waals surface area contributed by atoms with Crippen LogP contribution in [0.3, 0.4) is 0 Å². The summed E-state index contributed by atoms with van der Waals surface area (Å²) in [4.78, 5) is 0. The van der Waals surface area contributed by atoms with E-state index in [1.807, 2.05) is 6.08 Å². The Bertz CT molecular complexity index is 237. The molecule has 0 amide bonds. The predicted molar refractivity (Wildman–Crippen MR) is 58.7 cm³/mol. The van der Waals surface area contributed by atoms with E-state index in [1.54, 1.807) is 0 Å². The molecule has 0 radical (unpaired) electrons. The fraction of sp³-hybridized carbons (Fsp3) is 0.833. The molecule has 1 aliphatic heterocycles. The first-order valence-electron chi connectivity index (χ1n) is 5.95. The van der Waals surface area contributed by atoms with Crippen LogP contribution in [0.1, 0.15) is 26.2 Å². The zero-order chi connectivity index (χ0) is 11.4. The lowest BCUT2D eigenvalue weighted by Crippen LogP contribution is -2.32. The summed E-state index contributed by atoms with van der Waals surface area (Å²) >= 11 is 0. The molecule has 1 fully saturated rings. The van der Waals surface area contributed by atoms with Crippen LogP contribution in [-0.4, -0.2) is 37.0 Å². The van der Waals surface area contributed by atoms with Crippen molar-refractivity contribution in [1.29, 1.82) is 0 Å². The van der Waals surface area contributed by atoms with E-state index in [2.05, 4.69) is 13.0 Å². The molecule has 0 aromatic heterocycles. The normalized spacial score (nSPS) is 31.6. The van der Waals surface area contributed by atoms with E-state index >= 15 is 0 Å². The fourth-order valence-corrected chi connectivity index (χ4v) is 1.89. The van der Waals surface area contributed by atoms with Gasteiger partial charge in [0.2, 0.25) is 0 Å². The molecule has 1 N–H and O–H groups in total. The van der Waals surface area contributed by atoms with Crippen LogP contribution in [-0.2, 0) is 14.2 Å². The van der Waals surface area contributed by atoms with Crippen molar-refractivity contribution in [3.05, 3.63) is 12.2 Å². The van der Waals surface area contributed by atoms with E-state index in [1.165, 1.54) is 12.8 Å². The molecule has 0 saturated heterocycles. The van der Waals surface area contributed by atoms with E-state index in [-0.39, 0.29) is 25.3 Å². The Labute approximate surface area is 96.2 Å². The van der Waals surface area contributed by atoms with Gasteiger partial charge in [-0.15, -0.1) is 0 Å². The SMILES string of the molecule is CC(OC1C=CCC(COCO)O1)C1CC1. The second kappa shape index (κ2) is 5.77. The fourth-order valence-electron chi connectivity index (χ4n) is 1.89. The molecule has 0 aromatic rings. The van der Waals surface area contributed by atoms with Gasteiger partial charge in [-0.25, -0.2) is 0 Å². The molecule has 3 atom stereocenters. The third kappa shape index (κ3) is 3.56. The first-order valence-corrected chi connectivity index (χ1v) is 5.95. The van der Waals surface area contributed by atoms with Gasteiger partial charge in [0.15, 0.2) is 6.29 Å². The van der Waals surface area contributed by atoms with Crippen molar-refractivity contribution in [3.63, 3.8) is 0 Å². The van der Waals surface area contributed by atoms with Crippen molar-refractivity contribution in [3.8, 4) is 0 Å². The Hall–Kier alpha value is -0.420. The van der Waals surface area contributed by atoms with Crippen LogP contribution in [0.4, 0.5) is 0 Å². The van der Waals surface area contributed by atoms with Gasteiger partial charge >= 0.3 is 0 Å². The van der Waals surface area contributed by atoms with Crippen LogP contribution >= 0.6 is 0 Å². The molecule has 4 heteroatoms. The molecule has 1 aliphatic carbocycles. The number of ether oxygens (including phenoxy) is 3. The lowest BCUT2D eigenvalue weighted by atomic mass is 10.2. The van der Waals surface area contributed by atoms with Crippen molar-refractivity contribution < 1.29 is 19.3 Å². The highest BCUT2D eigenvalue weighted by Gasteiger charge is 2.31. The van der Waals surface area contributed by atoms with Gasteiger partial charge in [-0.3, -0.25) is 0 Å². The first-order chi connectivity index (χ1) is 7.79. The smallest absolute Gasteiger partial charge is 0.177 e. The summed E-state index contributed by atoms with van der Waals surface area (Å²) in [6, 6.07) is 0. The molecule has 3 unspecified atom stereocenters. The van der Waals surface area contributed by atoms with Crippen LogP contribution in [0.25, 0.3) is 0 Å².